The maximum Gasteiger partial charge on any atom is 0.119 e. The molecule has 0 radical (unpaired) electrons. The third kappa shape index (κ3) is 2.81. The Bertz CT molecular complexity index is 369. The van der Waals surface area contributed by atoms with E-state index in [1.807, 2.05) is 12.1 Å². The summed E-state index contributed by atoms with van der Waals surface area (Å²) in [7, 11) is 0. The van der Waals surface area contributed by atoms with Crippen LogP contribution < -0.4 is 10.5 Å². The van der Waals surface area contributed by atoms with Crippen LogP contribution in [-0.4, -0.2) is 12.1 Å². The molecule has 1 saturated carbocycles. The van der Waals surface area contributed by atoms with E-state index in [2.05, 4.69) is 32.9 Å². The normalized spacial score (nSPS) is 27.8. The Kier molecular flexibility index (Phi) is 3.43. The molecule has 0 bridgehead atoms. The SMILES string of the molecule is Cc1ccc(OC2CCCC(C)(C)C2N)cc1. The summed E-state index contributed by atoms with van der Waals surface area (Å²) in [5.41, 5.74) is 7.75. The zero-order valence-corrected chi connectivity index (χ0v) is 11.1. The maximum atomic E-state index is 6.31. The van der Waals surface area contributed by atoms with E-state index < -0.39 is 0 Å². The van der Waals surface area contributed by atoms with E-state index >= 15 is 0 Å². The third-order valence-corrected chi connectivity index (χ3v) is 3.92. The Morgan fingerprint density at radius 1 is 1.24 bits per heavy atom. The van der Waals surface area contributed by atoms with Gasteiger partial charge in [0.2, 0.25) is 0 Å². The maximum absolute atomic E-state index is 6.31. The average Bonchev–Trinajstić information content (AvgIpc) is 2.28. The molecule has 1 fully saturated rings. The summed E-state index contributed by atoms with van der Waals surface area (Å²) >= 11 is 0. The molecular weight excluding hydrogens is 210 g/mol. The van der Waals surface area contributed by atoms with Crippen molar-refractivity contribution in [1.82, 2.24) is 0 Å². The molecular formula is C15H23NO. The lowest BCUT2D eigenvalue weighted by molar-refractivity contribution is 0.0567. The zero-order valence-electron chi connectivity index (χ0n) is 11.1. The van der Waals surface area contributed by atoms with Crippen molar-refractivity contribution >= 4 is 0 Å². The highest BCUT2D eigenvalue weighted by Gasteiger charge is 2.37. The number of nitrogens with two attached hydrogens (primary N) is 1. The summed E-state index contributed by atoms with van der Waals surface area (Å²) in [6.45, 7) is 6.56. The molecule has 1 aromatic carbocycles. The second-order valence-corrected chi connectivity index (χ2v) is 5.88. The molecule has 94 valence electrons. The van der Waals surface area contributed by atoms with Crippen LogP contribution in [0.1, 0.15) is 38.7 Å². The fraction of sp³-hybridized carbons (Fsp3) is 0.600. The molecule has 1 aliphatic carbocycles. The van der Waals surface area contributed by atoms with Crippen molar-refractivity contribution in [2.24, 2.45) is 11.1 Å². The van der Waals surface area contributed by atoms with Crippen molar-refractivity contribution in [3.63, 3.8) is 0 Å². The van der Waals surface area contributed by atoms with E-state index in [1.54, 1.807) is 0 Å². The molecule has 0 aliphatic heterocycles. The molecule has 0 heterocycles. The fourth-order valence-corrected chi connectivity index (χ4v) is 2.53. The van der Waals surface area contributed by atoms with Crippen LogP contribution in [0.25, 0.3) is 0 Å². The van der Waals surface area contributed by atoms with Crippen LogP contribution in [-0.2, 0) is 0 Å². The van der Waals surface area contributed by atoms with Crippen molar-refractivity contribution in [3.8, 4) is 5.75 Å². The van der Waals surface area contributed by atoms with Gasteiger partial charge >= 0.3 is 0 Å². The zero-order chi connectivity index (χ0) is 12.5. The standard InChI is InChI=1S/C15H23NO/c1-11-6-8-12(9-7-11)17-13-5-4-10-15(2,3)14(13)16/h6-9,13-14H,4-5,10,16H2,1-3H3. The predicted molar refractivity (Wildman–Crippen MR) is 71.2 cm³/mol. The van der Waals surface area contributed by atoms with Crippen molar-refractivity contribution in [2.75, 3.05) is 0 Å². The molecule has 2 nitrogen and oxygen atoms in total. The van der Waals surface area contributed by atoms with Crippen molar-refractivity contribution in [2.45, 2.75) is 52.2 Å². The number of rotatable bonds is 2. The number of ether oxygens (including phenoxy) is 1. The van der Waals surface area contributed by atoms with E-state index in [0.717, 1.165) is 12.2 Å². The minimum atomic E-state index is 0.123. The molecule has 0 saturated heterocycles. The topological polar surface area (TPSA) is 35.2 Å². The van der Waals surface area contributed by atoms with Gasteiger partial charge in [-0.25, -0.2) is 0 Å². The average molecular weight is 233 g/mol. The van der Waals surface area contributed by atoms with Gasteiger partial charge in [-0.05, 0) is 43.7 Å². The smallest absolute Gasteiger partial charge is 0.119 e. The van der Waals surface area contributed by atoms with E-state index in [1.165, 1.54) is 18.4 Å². The predicted octanol–water partition coefficient (Wildman–Crippen LogP) is 3.28. The lowest BCUT2D eigenvalue weighted by atomic mass is 9.72. The lowest BCUT2D eigenvalue weighted by Crippen LogP contribution is -2.51. The minimum Gasteiger partial charge on any atom is -0.489 e. The number of hydrogen-bond donors (Lipinski definition) is 1. The quantitative estimate of drug-likeness (QED) is 0.850. The summed E-state index contributed by atoms with van der Waals surface area (Å²) in [5.74, 6) is 0.939. The third-order valence-electron chi connectivity index (χ3n) is 3.92. The van der Waals surface area contributed by atoms with Crippen molar-refractivity contribution in [1.29, 1.82) is 0 Å². The fourth-order valence-electron chi connectivity index (χ4n) is 2.53. The molecule has 2 unspecified atom stereocenters. The summed E-state index contributed by atoms with van der Waals surface area (Å²) in [6, 6.07) is 8.34. The van der Waals surface area contributed by atoms with Gasteiger partial charge in [0.15, 0.2) is 0 Å². The number of benzene rings is 1. The van der Waals surface area contributed by atoms with Crippen LogP contribution >= 0.6 is 0 Å². The number of hydrogen-bond acceptors (Lipinski definition) is 2. The number of aryl methyl sites for hydroxylation is 1. The molecule has 1 aliphatic rings. The molecule has 0 spiro atoms. The van der Waals surface area contributed by atoms with E-state index in [9.17, 15) is 0 Å². The molecule has 0 amide bonds. The second-order valence-electron chi connectivity index (χ2n) is 5.88. The van der Waals surface area contributed by atoms with Gasteiger partial charge in [0, 0.05) is 6.04 Å². The van der Waals surface area contributed by atoms with Gasteiger partial charge in [0.25, 0.3) is 0 Å². The van der Waals surface area contributed by atoms with Crippen LogP contribution in [0.2, 0.25) is 0 Å². The highest BCUT2D eigenvalue weighted by atomic mass is 16.5. The van der Waals surface area contributed by atoms with Crippen LogP contribution in [0.15, 0.2) is 24.3 Å². The van der Waals surface area contributed by atoms with Gasteiger partial charge in [-0.15, -0.1) is 0 Å². The molecule has 2 rings (SSSR count). The molecule has 1 aromatic rings. The summed E-state index contributed by atoms with van der Waals surface area (Å²) in [4.78, 5) is 0. The van der Waals surface area contributed by atoms with Crippen LogP contribution in [0.4, 0.5) is 0 Å². The minimum absolute atomic E-state index is 0.123. The van der Waals surface area contributed by atoms with Crippen molar-refractivity contribution in [3.05, 3.63) is 29.8 Å². The first kappa shape index (κ1) is 12.4. The molecule has 0 aromatic heterocycles. The van der Waals surface area contributed by atoms with Crippen LogP contribution in [0, 0.1) is 12.3 Å². The molecule has 17 heavy (non-hydrogen) atoms. The van der Waals surface area contributed by atoms with E-state index in [-0.39, 0.29) is 17.6 Å². The summed E-state index contributed by atoms with van der Waals surface area (Å²) in [6.07, 6.45) is 3.62. The Morgan fingerprint density at radius 3 is 2.53 bits per heavy atom. The largest absolute Gasteiger partial charge is 0.489 e. The van der Waals surface area contributed by atoms with Crippen molar-refractivity contribution < 1.29 is 4.74 Å². The molecule has 2 heteroatoms. The monoisotopic (exact) mass is 233 g/mol. The van der Waals surface area contributed by atoms with Gasteiger partial charge in [0.1, 0.15) is 11.9 Å². The van der Waals surface area contributed by atoms with Gasteiger partial charge in [-0.3, -0.25) is 0 Å². The summed E-state index contributed by atoms with van der Waals surface area (Å²) in [5, 5.41) is 0. The highest BCUT2D eigenvalue weighted by Crippen LogP contribution is 2.36. The first-order valence-electron chi connectivity index (χ1n) is 6.48. The molecule has 2 N–H and O–H groups in total. The van der Waals surface area contributed by atoms with Gasteiger partial charge < -0.3 is 10.5 Å². The van der Waals surface area contributed by atoms with Crippen LogP contribution in [0.3, 0.4) is 0 Å². The molecule has 2 atom stereocenters. The lowest BCUT2D eigenvalue weighted by Gasteiger charge is -2.41. The Hall–Kier alpha value is -1.02. The van der Waals surface area contributed by atoms with Gasteiger partial charge in [0.05, 0.1) is 0 Å². The summed E-state index contributed by atoms with van der Waals surface area (Å²) < 4.78 is 6.03. The van der Waals surface area contributed by atoms with E-state index in [4.69, 9.17) is 10.5 Å². The Morgan fingerprint density at radius 2 is 1.88 bits per heavy atom. The second kappa shape index (κ2) is 4.69. The Labute approximate surface area is 104 Å². The Balaban J connectivity index is 2.05. The first-order valence-corrected chi connectivity index (χ1v) is 6.48. The first-order chi connectivity index (χ1) is 7.99. The van der Waals surface area contributed by atoms with E-state index in [0.29, 0.717) is 0 Å². The highest BCUT2D eigenvalue weighted by molar-refractivity contribution is 5.26. The van der Waals surface area contributed by atoms with Crippen LogP contribution in [0.5, 0.6) is 5.75 Å². The van der Waals surface area contributed by atoms with Gasteiger partial charge in [-0.2, -0.15) is 0 Å². The van der Waals surface area contributed by atoms with Gasteiger partial charge in [-0.1, -0.05) is 31.5 Å².